The van der Waals surface area contributed by atoms with Crippen LogP contribution in [-0.2, 0) is 27.2 Å². The van der Waals surface area contributed by atoms with Gasteiger partial charge in [0.25, 0.3) is 0 Å². The van der Waals surface area contributed by atoms with E-state index in [1.165, 1.54) is 4.31 Å². The van der Waals surface area contributed by atoms with E-state index in [4.69, 9.17) is 18.0 Å². The zero-order chi connectivity index (χ0) is 14.8. The minimum Gasteiger partial charge on any atom is -0.393 e. The number of rotatable bonds is 4. The van der Waals surface area contributed by atoms with Gasteiger partial charge in [0, 0.05) is 41.8 Å². The van der Waals surface area contributed by atoms with Crippen LogP contribution in [0.15, 0.2) is 29.2 Å². The van der Waals surface area contributed by atoms with E-state index >= 15 is 0 Å². The quantitative estimate of drug-likeness (QED) is 0.801. The van der Waals surface area contributed by atoms with Crippen LogP contribution in [0.3, 0.4) is 0 Å². The van der Waals surface area contributed by atoms with Crippen LogP contribution in [0.2, 0.25) is 0 Å². The molecule has 0 aromatic heterocycles. The molecule has 2 N–H and O–H groups in total. The summed E-state index contributed by atoms with van der Waals surface area (Å²) in [7, 11) is -4.39. The molecule has 1 aromatic rings. The zero-order valence-electron chi connectivity index (χ0n) is 10.8. The van der Waals surface area contributed by atoms with E-state index in [-0.39, 0.29) is 4.90 Å². The highest BCUT2D eigenvalue weighted by atomic mass is 32.2. The Labute approximate surface area is 126 Å². The van der Waals surface area contributed by atoms with Crippen LogP contribution >= 0.6 is 12.2 Å². The minimum atomic E-state index is -3.50. The van der Waals surface area contributed by atoms with Gasteiger partial charge in [0.05, 0.1) is 9.88 Å². The lowest BCUT2D eigenvalue weighted by Gasteiger charge is -2.25. The summed E-state index contributed by atoms with van der Waals surface area (Å²) in [5.41, 5.74) is 6.34. The van der Waals surface area contributed by atoms with Crippen molar-refractivity contribution in [3.8, 4) is 0 Å². The Hall–Kier alpha value is -0.830. The largest absolute Gasteiger partial charge is 0.393 e. The number of nitrogens with two attached hydrogens (primary N) is 1. The monoisotopic (exact) mass is 332 g/mol. The normalized spacial score (nSPS) is 18.0. The Morgan fingerprint density at radius 1 is 1.25 bits per heavy atom. The molecule has 0 radical (unpaired) electrons. The lowest BCUT2D eigenvalue weighted by molar-refractivity contribution is 0.438. The van der Waals surface area contributed by atoms with Gasteiger partial charge in [0.15, 0.2) is 0 Å². The van der Waals surface area contributed by atoms with Gasteiger partial charge < -0.3 is 5.73 Å². The van der Waals surface area contributed by atoms with E-state index in [1.54, 1.807) is 24.3 Å². The first-order valence-corrected chi connectivity index (χ1v) is 9.45. The summed E-state index contributed by atoms with van der Waals surface area (Å²) in [5, 5.41) is 0. The fraction of sp³-hybridized carbons (Fsp3) is 0.417. The van der Waals surface area contributed by atoms with Gasteiger partial charge in [0.2, 0.25) is 10.0 Å². The van der Waals surface area contributed by atoms with E-state index < -0.39 is 20.8 Å². The van der Waals surface area contributed by atoms with E-state index in [0.717, 1.165) is 5.56 Å². The van der Waals surface area contributed by atoms with Crippen molar-refractivity contribution in [3.05, 3.63) is 29.8 Å². The van der Waals surface area contributed by atoms with Crippen LogP contribution in [0.25, 0.3) is 0 Å². The highest BCUT2D eigenvalue weighted by Gasteiger charge is 2.27. The molecule has 5 nitrogen and oxygen atoms in total. The Kier molecular flexibility index (Phi) is 4.90. The van der Waals surface area contributed by atoms with Crippen molar-refractivity contribution in [3.63, 3.8) is 0 Å². The van der Waals surface area contributed by atoms with Crippen LogP contribution in [0, 0.1) is 0 Å². The average Bonchev–Trinajstić information content (AvgIpc) is 2.39. The molecular formula is C12H16N2O3S3. The van der Waals surface area contributed by atoms with Gasteiger partial charge >= 0.3 is 0 Å². The van der Waals surface area contributed by atoms with Crippen molar-refractivity contribution >= 4 is 38.0 Å². The molecule has 0 spiro atoms. The molecule has 1 saturated heterocycles. The molecule has 0 saturated carbocycles. The molecule has 110 valence electrons. The van der Waals surface area contributed by atoms with Crippen molar-refractivity contribution < 1.29 is 12.6 Å². The average molecular weight is 332 g/mol. The number of sulfonamides is 1. The van der Waals surface area contributed by atoms with Crippen molar-refractivity contribution in [2.45, 2.75) is 11.3 Å². The van der Waals surface area contributed by atoms with Crippen molar-refractivity contribution in [1.82, 2.24) is 4.31 Å². The first-order valence-electron chi connectivity index (χ1n) is 6.12. The van der Waals surface area contributed by atoms with Gasteiger partial charge in [-0.05, 0) is 17.7 Å². The maximum Gasteiger partial charge on any atom is 0.243 e. The molecule has 1 aliphatic rings. The molecule has 0 amide bonds. The van der Waals surface area contributed by atoms with Crippen LogP contribution in [0.1, 0.15) is 5.56 Å². The van der Waals surface area contributed by atoms with Crippen molar-refractivity contribution in [2.24, 2.45) is 5.73 Å². The highest BCUT2D eigenvalue weighted by molar-refractivity contribution is 7.89. The van der Waals surface area contributed by atoms with Crippen LogP contribution in [0.5, 0.6) is 0 Å². The van der Waals surface area contributed by atoms with Crippen molar-refractivity contribution in [2.75, 3.05) is 24.6 Å². The maximum atomic E-state index is 12.4. The van der Waals surface area contributed by atoms with Gasteiger partial charge in [-0.15, -0.1) is 0 Å². The third-order valence-electron chi connectivity index (χ3n) is 3.08. The maximum absolute atomic E-state index is 12.4. The summed E-state index contributed by atoms with van der Waals surface area (Å²) in [6.45, 7) is 0.618. The van der Waals surface area contributed by atoms with Gasteiger partial charge in [-0.3, -0.25) is 4.21 Å². The molecule has 8 heteroatoms. The van der Waals surface area contributed by atoms with Gasteiger partial charge in [-0.25, -0.2) is 8.42 Å². The molecule has 0 atom stereocenters. The van der Waals surface area contributed by atoms with E-state index in [0.29, 0.717) is 36.0 Å². The van der Waals surface area contributed by atoms with Gasteiger partial charge in [-0.2, -0.15) is 4.31 Å². The summed E-state index contributed by atoms with van der Waals surface area (Å²) in [6.07, 6.45) is 0.457. The molecule has 0 bridgehead atoms. The smallest absolute Gasteiger partial charge is 0.243 e. The SMILES string of the molecule is NC(=S)Cc1ccc(S(=O)(=O)N2CCS(=O)CC2)cc1. The van der Waals surface area contributed by atoms with Crippen LogP contribution in [0.4, 0.5) is 0 Å². The third-order valence-corrected chi connectivity index (χ3v) is 6.41. The van der Waals surface area contributed by atoms with Gasteiger partial charge in [-0.1, -0.05) is 24.4 Å². The highest BCUT2D eigenvalue weighted by Crippen LogP contribution is 2.18. The minimum absolute atomic E-state index is 0.247. The van der Waals surface area contributed by atoms with E-state index in [2.05, 4.69) is 0 Å². The topological polar surface area (TPSA) is 80.5 Å². The Morgan fingerprint density at radius 2 is 1.80 bits per heavy atom. The molecule has 1 aliphatic heterocycles. The van der Waals surface area contributed by atoms with E-state index in [9.17, 15) is 12.6 Å². The number of nitrogens with zero attached hydrogens (tertiary/aromatic N) is 1. The Morgan fingerprint density at radius 3 is 2.30 bits per heavy atom. The zero-order valence-corrected chi connectivity index (χ0v) is 13.3. The standard InChI is InChI=1S/C12H16N2O3S3/c13-12(18)9-10-1-3-11(4-2-10)20(16,17)14-5-7-19(15)8-6-14/h1-4H,5-9H2,(H2,13,18). The second-order valence-electron chi connectivity index (χ2n) is 4.54. The summed E-state index contributed by atoms with van der Waals surface area (Å²) in [5.74, 6) is 0.803. The summed E-state index contributed by atoms with van der Waals surface area (Å²) in [4.78, 5) is 0.621. The summed E-state index contributed by atoms with van der Waals surface area (Å²) in [6, 6.07) is 6.56. The fourth-order valence-corrected chi connectivity index (χ4v) is 4.88. The predicted molar refractivity (Wildman–Crippen MR) is 83.6 cm³/mol. The third kappa shape index (κ3) is 3.63. The van der Waals surface area contributed by atoms with Gasteiger partial charge in [0.1, 0.15) is 0 Å². The molecule has 20 heavy (non-hydrogen) atoms. The number of hydrogen-bond acceptors (Lipinski definition) is 4. The fourth-order valence-electron chi connectivity index (χ4n) is 1.99. The molecule has 0 unspecified atom stereocenters. The lowest BCUT2D eigenvalue weighted by atomic mass is 10.1. The van der Waals surface area contributed by atoms with E-state index in [1.807, 2.05) is 0 Å². The first-order chi connectivity index (χ1) is 9.39. The number of benzene rings is 1. The Balaban J connectivity index is 2.17. The predicted octanol–water partition coefficient (Wildman–Crippen LogP) is 0.268. The molecular weight excluding hydrogens is 316 g/mol. The lowest BCUT2D eigenvalue weighted by Crippen LogP contribution is -2.41. The molecule has 1 fully saturated rings. The second kappa shape index (κ2) is 6.30. The number of hydrogen-bond donors (Lipinski definition) is 1. The van der Waals surface area contributed by atoms with Crippen molar-refractivity contribution in [1.29, 1.82) is 0 Å². The van der Waals surface area contributed by atoms with Crippen LogP contribution in [-0.4, -0.2) is 46.5 Å². The summed E-state index contributed by atoms with van der Waals surface area (Å²) < 4.78 is 37.5. The summed E-state index contributed by atoms with van der Waals surface area (Å²) >= 11 is 4.82. The molecule has 1 aromatic carbocycles. The second-order valence-corrected chi connectivity index (χ2v) is 8.70. The molecule has 0 aliphatic carbocycles. The van der Waals surface area contributed by atoms with Crippen LogP contribution < -0.4 is 5.73 Å². The number of thiocarbonyl (C=S) groups is 1. The Bertz CT molecular complexity index is 616. The molecule has 2 rings (SSSR count). The first kappa shape index (κ1) is 15.6. The molecule has 1 heterocycles.